The number of nitrogens with two attached hydrogens (primary N) is 1. The maximum atomic E-state index is 5.74. The number of halogens is 1. The number of hydrogen-bond donors (Lipinski definition) is 1. The van der Waals surface area contributed by atoms with E-state index in [1.54, 1.807) is 19.2 Å². The number of nitrogen functional groups attached to an aromatic ring is 1. The maximum absolute atomic E-state index is 5.74. The van der Waals surface area contributed by atoms with Crippen molar-refractivity contribution in [1.29, 1.82) is 0 Å². The van der Waals surface area contributed by atoms with Gasteiger partial charge in [-0.05, 0) is 29.8 Å². The summed E-state index contributed by atoms with van der Waals surface area (Å²) in [6, 6.07) is 13.4. The number of ether oxygens (including phenoxy) is 2. The molecule has 3 nitrogen and oxygen atoms in total. The Balaban J connectivity index is 2.06. The van der Waals surface area contributed by atoms with Gasteiger partial charge in [-0.1, -0.05) is 28.1 Å². The van der Waals surface area contributed by atoms with Crippen LogP contribution in [0.4, 0.5) is 5.69 Å². The second-order valence-electron chi connectivity index (χ2n) is 3.82. The van der Waals surface area contributed by atoms with Gasteiger partial charge in [0, 0.05) is 10.5 Å². The van der Waals surface area contributed by atoms with Crippen LogP contribution < -0.4 is 15.2 Å². The van der Waals surface area contributed by atoms with Crippen molar-refractivity contribution in [3.8, 4) is 11.5 Å². The quantitative estimate of drug-likeness (QED) is 0.877. The van der Waals surface area contributed by atoms with Crippen molar-refractivity contribution >= 4 is 21.6 Å². The first-order valence-corrected chi connectivity index (χ1v) is 6.29. The molecule has 0 heterocycles. The summed E-state index contributed by atoms with van der Waals surface area (Å²) in [7, 11) is 1.59. The van der Waals surface area contributed by atoms with E-state index in [-0.39, 0.29) is 0 Å². The molecule has 0 aromatic heterocycles. The molecule has 2 aromatic rings. The van der Waals surface area contributed by atoms with E-state index < -0.39 is 0 Å². The molecule has 0 saturated heterocycles. The number of anilines is 1. The summed E-state index contributed by atoms with van der Waals surface area (Å²) in [6.45, 7) is 0.506. The fraction of sp³-hybridized carbons (Fsp3) is 0.143. The molecule has 2 rings (SSSR count). The van der Waals surface area contributed by atoms with Gasteiger partial charge < -0.3 is 15.2 Å². The number of rotatable bonds is 4. The molecule has 0 saturated carbocycles. The molecule has 0 radical (unpaired) electrons. The van der Waals surface area contributed by atoms with Crippen LogP contribution in [0.1, 0.15) is 5.56 Å². The lowest BCUT2D eigenvalue weighted by molar-refractivity contribution is 0.304. The van der Waals surface area contributed by atoms with Gasteiger partial charge in [0.1, 0.15) is 18.1 Å². The summed E-state index contributed by atoms with van der Waals surface area (Å²) in [5.41, 5.74) is 7.44. The molecule has 0 spiro atoms. The van der Waals surface area contributed by atoms with Crippen molar-refractivity contribution in [1.82, 2.24) is 0 Å². The van der Waals surface area contributed by atoms with Crippen molar-refractivity contribution < 1.29 is 9.47 Å². The summed E-state index contributed by atoms with van der Waals surface area (Å²) in [5, 5.41) is 0. The smallest absolute Gasteiger partial charge is 0.145 e. The molecule has 0 fully saturated rings. The van der Waals surface area contributed by atoms with Crippen molar-refractivity contribution in [2.45, 2.75) is 6.61 Å². The Hall–Kier alpha value is -1.68. The van der Waals surface area contributed by atoms with E-state index in [2.05, 4.69) is 15.9 Å². The van der Waals surface area contributed by atoms with Gasteiger partial charge in [-0.2, -0.15) is 0 Å². The molecule has 0 atom stereocenters. The average Bonchev–Trinajstić information content (AvgIpc) is 2.38. The average molecular weight is 308 g/mol. The van der Waals surface area contributed by atoms with Crippen LogP contribution in [-0.2, 0) is 6.61 Å². The number of hydrogen-bond acceptors (Lipinski definition) is 3. The Kier molecular flexibility index (Phi) is 4.10. The summed E-state index contributed by atoms with van der Waals surface area (Å²) in [5.74, 6) is 1.36. The Morgan fingerprint density at radius 1 is 1.17 bits per heavy atom. The zero-order valence-corrected chi connectivity index (χ0v) is 11.6. The van der Waals surface area contributed by atoms with E-state index in [9.17, 15) is 0 Å². The monoisotopic (exact) mass is 307 g/mol. The van der Waals surface area contributed by atoms with E-state index in [4.69, 9.17) is 15.2 Å². The van der Waals surface area contributed by atoms with Crippen LogP contribution in [0.25, 0.3) is 0 Å². The van der Waals surface area contributed by atoms with Gasteiger partial charge in [0.15, 0.2) is 0 Å². The molecule has 94 valence electrons. The lowest BCUT2D eigenvalue weighted by Gasteiger charge is -2.09. The SMILES string of the molecule is COc1cc(OCc2cccc(Br)c2)ccc1N. The molecule has 0 aliphatic heterocycles. The lowest BCUT2D eigenvalue weighted by atomic mass is 10.2. The molecule has 0 bridgehead atoms. The predicted molar refractivity (Wildman–Crippen MR) is 75.9 cm³/mol. The predicted octanol–water partition coefficient (Wildman–Crippen LogP) is 3.62. The molecular weight excluding hydrogens is 294 g/mol. The first-order chi connectivity index (χ1) is 8.69. The van der Waals surface area contributed by atoms with Gasteiger partial charge in [-0.3, -0.25) is 0 Å². The largest absolute Gasteiger partial charge is 0.494 e. The fourth-order valence-corrected chi connectivity index (χ4v) is 2.02. The van der Waals surface area contributed by atoms with Crippen molar-refractivity contribution in [2.24, 2.45) is 0 Å². The number of benzene rings is 2. The van der Waals surface area contributed by atoms with E-state index >= 15 is 0 Å². The normalized spacial score (nSPS) is 10.1. The van der Waals surface area contributed by atoms with Crippen LogP contribution in [0, 0.1) is 0 Å². The molecule has 18 heavy (non-hydrogen) atoms. The first-order valence-electron chi connectivity index (χ1n) is 5.50. The van der Waals surface area contributed by atoms with Crippen LogP contribution >= 0.6 is 15.9 Å². The highest BCUT2D eigenvalue weighted by Crippen LogP contribution is 2.27. The van der Waals surface area contributed by atoms with Gasteiger partial charge in [0.25, 0.3) is 0 Å². The molecule has 0 unspecified atom stereocenters. The molecule has 2 N–H and O–H groups in total. The molecule has 0 amide bonds. The van der Waals surface area contributed by atoms with Gasteiger partial charge in [0.2, 0.25) is 0 Å². The highest BCUT2D eigenvalue weighted by molar-refractivity contribution is 9.10. The van der Waals surface area contributed by atoms with Crippen LogP contribution in [0.15, 0.2) is 46.9 Å². The van der Waals surface area contributed by atoms with Crippen LogP contribution in [-0.4, -0.2) is 7.11 Å². The standard InChI is InChI=1S/C14H14BrNO2/c1-17-14-8-12(5-6-13(14)16)18-9-10-3-2-4-11(15)7-10/h2-8H,9,16H2,1H3. The van der Waals surface area contributed by atoms with Crippen molar-refractivity contribution in [3.63, 3.8) is 0 Å². The van der Waals surface area contributed by atoms with Gasteiger partial charge in [-0.25, -0.2) is 0 Å². The second-order valence-corrected chi connectivity index (χ2v) is 4.74. The zero-order chi connectivity index (χ0) is 13.0. The molecule has 2 aromatic carbocycles. The highest BCUT2D eigenvalue weighted by atomic mass is 79.9. The topological polar surface area (TPSA) is 44.5 Å². The van der Waals surface area contributed by atoms with E-state index in [0.29, 0.717) is 18.0 Å². The minimum atomic E-state index is 0.506. The highest BCUT2D eigenvalue weighted by Gasteiger charge is 2.02. The first kappa shape index (κ1) is 12.8. The van der Waals surface area contributed by atoms with Gasteiger partial charge >= 0.3 is 0 Å². The Labute approximate surface area is 115 Å². The summed E-state index contributed by atoms with van der Waals surface area (Å²) < 4.78 is 11.9. The second kappa shape index (κ2) is 5.78. The maximum Gasteiger partial charge on any atom is 0.145 e. The van der Waals surface area contributed by atoms with Crippen LogP contribution in [0.3, 0.4) is 0 Å². The zero-order valence-electron chi connectivity index (χ0n) is 10.0. The Morgan fingerprint density at radius 3 is 2.72 bits per heavy atom. The molecule has 0 aliphatic carbocycles. The fourth-order valence-electron chi connectivity index (χ4n) is 1.57. The summed E-state index contributed by atoms with van der Waals surface area (Å²) >= 11 is 3.43. The molecule has 0 aliphatic rings. The minimum Gasteiger partial charge on any atom is -0.494 e. The van der Waals surface area contributed by atoms with E-state index in [1.165, 1.54) is 0 Å². The summed E-state index contributed by atoms with van der Waals surface area (Å²) in [4.78, 5) is 0. The Morgan fingerprint density at radius 2 is 2.00 bits per heavy atom. The van der Waals surface area contributed by atoms with Gasteiger partial charge in [0.05, 0.1) is 12.8 Å². The molecule has 4 heteroatoms. The Bertz CT molecular complexity index is 543. The summed E-state index contributed by atoms with van der Waals surface area (Å²) in [6.07, 6.45) is 0. The lowest BCUT2D eigenvalue weighted by Crippen LogP contribution is -1.97. The van der Waals surface area contributed by atoms with E-state index in [1.807, 2.05) is 30.3 Å². The third-order valence-corrected chi connectivity index (χ3v) is 2.99. The van der Waals surface area contributed by atoms with Crippen LogP contribution in [0.5, 0.6) is 11.5 Å². The van der Waals surface area contributed by atoms with Crippen molar-refractivity contribution in [2.75, 3.05) is 12.8 Å². The third kappa shape index (κ3) is 3.17. The van der Waals surface area contributed by atoms with Crippen molar-refractivity contribution in [3.05, 3.63) is 52.5 Å². The van der Waals surface area contributed by atoms with E-state index in [0.717, 1.165) is 15.8 Å². The number of methoxy groups -OCH3 is 1. The third-order valence-electron chi connectivity index (χ3n) is 2.50. The molecular formula is C14H14BrNO2. The van der Waals surface area contributed by atoms with Crippen LogP contribution in [0.2, 0.25) is 0 Å². The minimum absolute atomic E-state index is 0.506. The van der Waals surface area contributed by atoms with Gasteiger partial charge in [-0.15, -0.1) is 0 Å².